The van der Waals surface area contributed by atoms with E-state index in [1.807, 2.05) is 0 Å². The molecule has 1 aliphatic rings. The highest BCUT2D eigenvalue weighted by atomic mass is 15.3. The van der Waals surface area contributed by atoms with Gasteiger partial charge in [-0.3, -0.25) is 4.58 Å². The van der Waals surface area contributed by atoms with Gasteiger partial charge < -0.3 is 0 Å². The molecule has 1 heterocycles. The van der Waals surface area contributed by atoms with Crippen LogP contribution in [0.5, 0.6) is 0 Å². The molecule has 102 valence electrons. The molecular weight excluding hydrogens is 244 g/mol. The molecule has 0 radical (unpaired) electrons. The Morgan fingerprint density at radius 1 is 0.950 bits per heavy atom. The minimum Gasteiger partial charge on any atom is -0.264 e. The zero-order valence-electron chi connectivity index (χ0n) is 12.2. The predicted molar refractivity (Wildman–Crippen MR) is 84.7 cm³/mol. The highest BCUT2D eigenvalue weighted by molar-refractivity contribution is 6.07. The van der Waals surface area contributed by atoms with E-state index in [4.69, 9.17) is 0 Å². The van der Waals surface area contributed by atoms with Crippen LogP contribution in [0.2, 0.25) is 0 Å². The Bertz CT molecular complexity index is 629. The number of benzene rings is 2. The highest BCUT2D eigenvalue weighted by Crippen LogP contribution is 2.24. The molecule has 2 aromatic carbocycles. The molecule has 0 atom stereocenters. The smallest absolute Gasteiger partial charge is 0.264 e. The van der Waals surface area contributed by atoms with Crippen LogP contribution in [0.25, 0.3) is 0 Å². The first kappa shape index (κ1) is 12.9. The van der Waals surface area contributed by atoms with Crippen LogP contribution < -0.4 is 4.90 Å². The summed E-state index contributed by atoms with van der Waals surface area (Å²) >= 11 is 0. The topological polar surface area (TPSA) is 6.25 Å². The van der Waals surface area contributed by atoms with Gasteiger partial charge in [-0.1, -0.05) is 36.4 Å². The van der Waals surface area contributed by atoms with Crippen molar-refractivity contribution < 1.29 is 4.58 Å². The average Bonchev–Trinajstić information content (AvgIpc) is 2.48. The summed E-state index contributed by atoms with van der Waals surface area (Å²) in [6.07, 6.45) is 1.20. The van der Waals surface area contributed by atoms with E-state index in [0.717, 1.165) is 13.1 Å². The summed E-state index contributed by atoms with van der Waals surface area (Å²) < 4.78 is 2.37. The van der Waals surface area contributed by atoms with E-state index in [-0.39, 0.29) is 0 Å². The van der Waals surface area contributed by atoms with Crippen molar-refractivity contribution in [2.75, 3.05) is 25.0 Å². The van der Waals surface area contributed by atoms with Crippen molar-refractivity contribution in [1.29, 1.82) is 0 Å². The van der Waals surface area contributed by atoms with Gasteiger partial charge in [0.1, 0.15) is 5.69 Å². The molecule has 0 N–H and O–H groups in total. The number of hydrogen-bond donors (Lipinski definition) is 0. The summed E-state index contributed by atoms with van der Waals surface area (Å²) in [6.45, 7) is 4.39. The van der Waals surface area contributed by atoms with E-state index in [1.165, 1.54) is 29.1 Å². The molecule has 3 rings (SSSR count). The quantitative estimate of drug-likeness (QED) is 0.755. The van der Waals surface area contributed by atoms with Crippen LogP contribution in [-0.2, 0) is 0 Å². The van der Waals surface area contributed by atoms with Crippen molar-refractivity contribution in [2.24, 2.45) is 0 Å². The Hall–Kier alpha value is -2.09. The second-order valence-electron chi connectivity index (χ2n) is 5.40. The largest absolute Gasteiger partial charge is 0.284 e. The Morgan fingerprint density at radius 3 is 2.40 bits per heavy atom. The van der Waals surface area contributed by atoms with Crippen molar-refractivity contribution in [1.82, 2.24) is 0 Å². The number of nitrogens with zero attached hydrogens (tertiary/aromatic N) is 2. The van der Waals surface area contributed by atoms with Gasteiger partial charge in [0.25, 0.3) is 5.84 Å². The van der Waals surface area contributed by atoms with Crippen molar-refractivity contribution in [3.63, 3.8) is 0 Å². The molecule has 0 fully saturated rings. The number of aryl methyl sites for hydroxylation is 1. The summed E-state index contributed by atoms with van der Waals surface area (Å²) in [7, 11) is 2.19. The van der Waals surface area contributed by atoms with E-state index < -0.39 is 0 Å². The van der Waals surface area contributed by atoms with Crippen LogP contribution in [0.1, 0.15) is 17.5 Å². The zero-order valence-corrected chi connectivity index (χ0v) is 12.2. The second kappa shape index (κ2) is 5.49. The molecule has 2 aromatic rings. The van der Waals surface area contributed by atoms with Crippen molar-refractivity contribution in [3.05, 3.63) is 65.7 Å². The van der Waals surface area contributed by atoms with Crippen molar-refractivity contribution >= 4 is 11.5 Å². The lowest BCUT2D eigenvalue weighted by Gasteiger charge is -2.26. The third kappa shape index (κ3) is 2.34. The van der Waals surface area contributed by atoms with Gasteiger partial charge in [0.2, 0.25) is 0 Å². The Labute approximate surface area is 121 Å². The zero-order chi connectivity index (χ0) is 13.9. The molecule has 0 saturated heterocycles. The monoisotopic (exact) mass is 265 g/mol. The molecule has 0 unspecified atom stereocenters. The van der Waals surface area contributed by atoms with Crippen molar-refractivity contribution in [3.8, 4) is 0 Å². The van der Waals surface area contributed by atoms with E-state index in [9.17, 15) is 0 Å². The molecule has 0 aliphatic carbocycles. The minimum absolute atomic E-state index is 1.08. The van der Waals surface area contributed by atoms with Crippen LogP contribution in [0.15, 0.2) is 54.6 Å². The van der Waals surface area contributed by atoms with Gasteiger partial charge in [-0.25, -0.2) is 4.90 Å². The summed E-state index contributed by atoms with van der Waals surface area (Å²) in [4.78, 5) is 2.45. The Kier molecular flexibility index (Phi) is 3.55. The van der Waals surface area contributed by atoms with Crippen molar-refractivity contribution in [2.45, 2.75) is 13.3 Å². The number of rotatable bonds is 2. The maximum absolute atomic E-state index is 2.45. The fourth-order valence-corrected chi connectivity index (χ4v) is 2.95. The summed E-state index contributed by atoms with van der Waals surface area (Å²) in [5.41, 5.74) is 3.94. The summed E-state index contributed by atoms with van der Waals surface area (Å²) in [5, 5.41) is 0. The molecule has 0 amide bonds. The standard InChI is InChI=1S/C18H21N2/c1-15-9-6-7-12-17(15)20-14-8-13-19(2)18(20)16-10-4-3-5-11-16/h3-7,9-12H,8,13-14H2,1-2H3/q+1. The fraction of sp³-hybridized carbons (Fsp3) is 0.278. The third-order valence-corrected chi connectivity index (χ3v) is 3.93. The molecule has 2 heteroatoms. The van der Waals surface area contributed by atoms with Crippen LogP contribution >= 0.6 is 0 Å². The van der Waals surface area contributed by atoms with Gasteiger partial charge in [0, 0.05) is 6.42 Å². The molecule has 1 aliphatic heterocycles. The molecule has 0 spiro atoms. The van der Waals surface area contributed by atoms with Gasteiger partial charge in [-0.2, -0.15) is 0 Å². The fourth-order valence-electron chi connectivity index (χ4n) is 2.95. The van der Waals surface area contributed by atoms with Crippen LogP contribution in [-0.4, -0.2) is 30.5 Å². The van der Waals surface area contributed by atoms with Crippen LogP contribution in [0.4, 0.5) is 5.69 Å². The number of hydrogen-bond acceptors (Lipinski definition) is 1. The Morgan fingerprint density at radius 2 is 1.65 bits per heavy atom. The number of para-hydroxylation sites is 1. The molecule has 0 aromatic heterocycles. The normalized spacial score (nSPS) is 15.6. The van der Waals surface area contributed by atoms with Crippen LogP contribution in [0.3, 0.4) is 0 Å². The summed E-state index contributed by atoms with van der Waals surface area (Å²) in [5.74, 6) is 1.31. The number of anilines is 1. The van der Waals surface area contributed by atoms with Gasteiger partial charge in [-0.05, 0) is 30.7 Å². The van der Waals surface area contributed by atoms with Gasteiger partial charge >= 0.3 is 0 Å². The Balaban J connectivity index is 2.11. The van der Waals surface area contributed by atoms with Gasteiger partial charge in [0.05, 0.1) is 25.7 Å². The SMILES string of the molecule is Cc1ccccc1N1CCC[N+](C)=C1c1ccccc1. The van der Waals surface area contributed by atoms with E-state index in [0.29, 0.717) is 0 Å². The first-order chi connectivity index (χ1) is 9.77. The lowest BCUT2D eigenvalue weighted by molar-refractivity contribution is -0.501. The lowest BCUT2D eigenvalue weighted by atomic mass is 10.1. The van der Waals surface area contributed by atoms with Gasteiger partial charge in [0.15, 0.2) is 0 Å². The average molecular weight is 265 g/mol. The second-order valence-corrected chi connectivity index (χ2v) is 5.40. The molecule has 0 saturated carbocycles. The maximum Gasteiger partial charge on any atom is 0.284 e. The van der Waals surface area contributed by atoms with E-state index >= 15 is 0 Å². The predicted octanol–water partition coefficient (Wildman–Crippen LogP) is 3.29. The highest BCUT2D eigenvalue weighted by Gasteiger charge is 2.29. The van der Waals surface area contributed by atoms with E-state index in [2.05, 4.69) is 78.0 Å². The third-order valence-electron chi connectivity index (χ3n) is 3.93. The molecular formula is C18H21N2+. The maximum atomic E-state index is 2.45. The first-order valence-corrected chi connectivity index (χ1v) is 7.24. The summed E-state index contributed by atoms with van der Waals surface area (Å²) in [6, 6.07) is 19.3. The molecule has 2 nitrogen and oxygen atoms in total. The molecule has 20 heavy (non-hydrogen) atoms. The van der Waals surface area contributed by atoms with Gasteiger partial charge in [-0.15, -0.1) is 0 Å². The first-order valence-electron chi connectivity index (χ1n) is 7.24. The minimum atomic E-state index is 1.08. The lowest BCUT2D eigenvalue weighted by Crippen LogP contribution is -2.44. The van der Waals surface area contributed by atoms with E-state index in [1.54, 1.807) is 0 Å². The van der Waals surface area contributed by atoms with Crippen LogP contribution in [0, 0.1) is 6.92 Å². The molecule has 0 bridgehead atoms. The number of amidine groups is 1.